The largest absolute Gasteiger partial charge is 0.398 e. The van der Waals surface area contributed by atoms with Crippen LogP contribution in [-0.2, 0) is 11.3 Å². The van der Waals surface area contributed by atoms with Gasteiger partial charge in [0.2, 0.25) is 0 Å². The number of hydrogen-bond donors (Lipinski definition) is 1. The van der Waals surface area contributed by atoms with Crippen LogP contribution in [0.15, 0.2) is 18.2 Å². The van der Waals surface area contributed by atoms with Gasteiger partial charge in [0.1, 0.15) is 0 Å². The Morgan fingerprint density at radius 3 is 2.95 bits per heavy atom. The van der Waals surface area contributed by atoms with E-state index in [4.69, 9.17) is 22.1 Å². The second kappa shape index (κ2) is 5.61. The van der Waals surface area contributed by atoms with E-state index in [2.05, 4.69) is 15.5 Å². The number of methoxy groups -OCH3 is 1. The third-order valence-corrected chi connectivity index (χ3v) is 4.30. The minimum Gasteiger partial charge on any atom is -0.398 e. The van der Waals surface area contributed by atoms with Gasteiger partial charge in [0.05, 0.1) is 6.54 Å². The highest BCUT2D eigenvalue weighted by atomic mass is 35.5. The minimum atomic E-state index is 0.257. The number of hydrogen-bond acceptors (Lipinski definition) is 5. The summed E-state index contributed by atoms with van der Waals surface area (Å²) in [5.41, 5.74) is 7.67. The van der Waals surface area contributed by atoms with Gasteiger partial charge >= 0.3 is 0 Å². The van der Waals surface area contributed by atoms with Crippen LogP contribution >= 0.6 is 11.6 Å². The van der Waals surface area contributed by atoms with Crippen LogP contribution in [-0.4, -0.2) is 33.9 Å². The van der Waals surface area contributed by atoms with Gasteiger partial charge in [-0.15, -0.1) is 5.10 Å². The third-order valence-electron chi connectivity index (χ3n) is 4.07. The van der Waals surface area contributed by atoms with Crippen molar-refractivity contribution in [2.75, 3.05) is 19.5 Å². The SMILES string of the molecule is COCCC1(Cn2nnnc2-c2cc(Cl)ccc2N)CC1. The Bertz CT molecular complexity index is 638. The van der Waals surface area contributed by atoms with E-state index in [-0.39, 0.29) is 5.41 Å². The third kappa shape index (κ3) is 3.01. The fourth-order valence-electron chi connectivity index (χ4n) is 2.53. The lowest BCUT2D eigenvalue weighted by Crippen LogP contribution is -2.16. The molecule has 1 heterocycles. The van der Waals surface area contributed by atoms with E-state index in [0.29, 0.717) is 16.5 Å². The summed E-state index contributed by atoms with van der Waals surface area (Å²) in [5, 5.41) is 12.6. The lowest BCUT2D eigenvalue weighted by atomic mass is 10.0. The predicted octanol–water partition coefficient (Wildman–Crippen LogP) is 2.39. The zero-order valence-corrected chi connectivity index (χ0v) is 12.7. The molecule has 6 nitrogen and oxygen atoms in total. The molecule has 1 aliphatic rings. The molecule has 7 heteroatoms. The first-order valence-electron chi connectivity index (χ1n) is 6.94. The Morgan fingerprint density at radius 2 is 2.24 bits per heavy atom. The smallest absolute Gasteiger partial charge is 0.184 e. The van der Waals surface area contributed by atoms with Crippen molar-refractivity contribution in [2.45, 2.75) is 25.8 Å². The Balaban J connectivity index is 1.86. The van der Waals surface area contributed by atoms with E-state index in [1.165, 1.54) is 12.8 Å². The molecule has 0 atom stereocenters. The molecule has 1 fully saturated rings. The maximum Gasteiger partial charge on any atom is 0.184 e. The Kier molecular flexibility index (Phi) is 3.82. The number of benzene rings is 1. The zero-order chi connectivity index (χ0) is 14.9. The van der Waals surface area contributed by atoms with Crippen LogP contribution in [0.1, 0.15) is 19.3 Å². The molecule has 0 bridgehead atoms. The maximum atomic E-state index is 6.05. The molecule has 21 heavy (non-hydrogen) atoms. The number of halogens is 1. The zero-order valence-electron chi connectivity index (χ0n) is 11.9. The average molecular weight is 308 g/mol. The van der Waals surface area contributed by atoms with Crippen LogP contribution in [0.2, 0.25) is 5.02 Å². The van der Waals surface area contributed by atoms with Crippen molar-refractivity contribution in [1.29, 1.82) is 0 Å². The van der Waals surface area contributed by atoms with Crippen LogP contribution in [0.5, 0.6) is 0 Å². The van der Waals surface area contributed by atoms with Crippen LogP contribution in [0.4, 0.5) is 5.69 Å². The highest BCUT2D eigenvalue weighted by Crippen LogP contribution is 2.50. The van der Waals surface area contributed by atoms with Gasteiger partial charge < -0.3 is 10.5 Å². The average Bonchev–Trinajstić information content (AvgIpc) is 3.08. The van der Waals surface area contributed by atoms with E-state index in [1.54, 1.807) is 25.3 Å². The highest BCUT2D eigenvalue weighted by molar-refractivity contribution is 6.31. The number of nitrogens with two attached hydrogens (primary N) is 1. The molecule has 1 aliphatic carbocycles. The van der Waals surface area contributed by atoms with Crippen molar-refractivity contribution in [1.82, 2.24) is 20.2 Å². The molecule has 1 aromatic heterocycles. The fraction of sp³-hybridized carbons (Fsp3) is 0.500. The second-order valence-electron chi connectivity index (χ2n) is 5.63. The summed E-state index contributed by atoms with van der Waals surface area (Å²) in [6, 6.07) is 5.33. The van der Waals surface area contributed by atoms with Gasteiger partial charge in [0.25, 0.3) is 0 Å². The van der Waals surface area contributed by atoms with E-state index in [9.17, 15) is 0 Å². The maximum absolute atomic E-state index is 6.05. The standard InChI is InChI=1S/C14H18ClN5O/c1-21-7-6-14(4-5-14)9-20-13(17-18-19-20)11-8-10(15)2-3-12(11)16/h2-3,8H,4-7,9,16H2,1H3. The van der Waals surface area contributed by atoms with Crippen LogP contribution in [0.3, 0.4) is 0 Å². The number of anilines is 1. The summed E-state index contributed by atoms with van der Waals surface area (Å²) in [7, 11) is 1.73. The van der Waals surface area contributed by atoms with Gasteiger partial charge in [-0.1, -0.05) is 11.6 Å². The Morgan fingerprint density at radius 1 is 1.43 bits per heavy atom. The number of nitrogens with zero attached hydrogens (tertiary/aromatic N) is 4. The van der Waals surface area contributed by atoms with E-state index in [0.717, 1.165) is 25.1 Å². The lowest BCUT2D eigenvalue weighted by Gasteiger charge is -2.15. The van der Waals surface area contributed by atoms with Gasteiger partial charge in [-0.2, -0.15) is 0 Å². The summed E-state index contributed by atoms with van der Waals surface area (Å²) in [6.07, 6.45) is 3.38. The van der Waals surface area contributed by atoms with E-state index in [1.807, 2.05) is 4.68 Å². The molecule has 0 saturated heterocycles. The molecule has 3 rings (SSSR count). The molecule has 0 aliphatic heterocycles. The van der Waals surface area contributed by atoms with Crippen molar-refractivity contribution in [3.8, 4) is 11.4 Å². The summed E-state index contributed by atoms with van der Waals surface area (Å²) in [6.45, 7) is 1.54. The molecule has 0 spiro atoms. The quantitative estimate of drug-likeness (QED) is 0.829. The van der Waals surface area contributed by atoms with Gasteiger partial charge in [-0.25, -0.2) is 4.68 Å². The van der Waals surface area contributed by atoms with Crippen molar-refractivity contribution < 1.29 is 4.74 Å². The Hall–Kier alpha value is -1.66. The molecule has 112 valence electrons. The number of aromatic nitrogens is 4. The van der Waals surface area contributed by atoms with Crippen molar-refractivity contribution in [3.63, 3.8) is 0 Å². The number of nitrogen functional groups attached to an aromatic ring is 1. The molecule has 0 radical (unpaired) electrons. The second-order valence-corrected chi connectivity index (χ2v) is 6.07. The van der Waals surface area contributed by atoms with Crippen molar-refractivity contribution in [3.05, 3.63) is 23.2 Å². The molecule has 2 aromatic rings. The fourth-order valence-corrected chi connectivity index (χ4v) is 2.70. The normalized spacial score (nSPS) is 16.1. The van der Waals surface area contributed by atoms with Crippen LogP contribution in [0.25, 0.3) is 11.4 Å². The first kappa shape index (κ1) is 14.3. The molecular weight excluding hydrogens is 290 g/mol. The van der Waals surface area contributed by atoms with E-state index < -0.39 is 0 Å². The molecular formula is C14H18ClN5O. The number of ether oxygens (including phenoxy) is 1. The number of rotatable bonds is 6. The van der Waals surface area contributed by atoms with Gasteiger partial charge in [-0.3, -0.25) is 0 Å². The molecule has 1 saturated carbocycles. The van der Waals surface area contributed by atoms with Gasteiger partial charge in [0, 0.05) is 30.0 Å². The molecule has 2 N–H and O–H groups in total. The number of tetrazole rings is 1. The predicted molar refractivity (Wildman–Crippen MR) is 80.8 cm³/mol. The van der Waals surface area contributed by atoms with E-state index >= 15 is 0 Å². The minimum absolute atomic E-state index is 0.257. The summed E-state index contributed by atoms with van der Waals surface area (Å²) < 4.78 is 7.01. The van der Waals surface area contributed by atoms with Crippen LogP contribution in [0, 0.1) is 5.41 Å². The van der Waals surface area contributed by atoms with Crippen molar-refractivity contribution in [2.24, 2.45) is 5.41 Å². The highest BCUT2D eigenvalue weighted by Gasteiger charge is 2.43. The summed E-state index contributed by atoms with van der Waals surface area (Å²) >= 11 is 6.05. The first-order chi connectivity index (χ1) is 10.1. The van der Waals surface area contributed by atoms with Gasteiger partial charge in [0.15, 0.2) is 5.82 Å². The molecule has 0 unspecified atom stereocenters. The topological polar surface area (TPSA) is 78.8 Å². The van der Waals surface area contributed by atoms with Crippen molar-refractivity contribution >= 4 is 17.3 Å². The van der Waals surface area contributed by atoms with Crippen LogP contribution < -0.4 is 5.73 Å². The Labute approximate surface area is 128 Å². The monoisotopic (exact) mass is 307 g/mol. The summed E-state index contributed by atoms with van der Waals surface area (Å²) in [4.78, 5) is 0. The summed E-state index contributed by atoms with van der Waals surface area (Å²) in [5.74, 6) is 0.665. The molecule has 1 aromatic carbocycles. The first-order valence-corrected chi connectivity index (χ1v) is 7.32. The van der Waals surface area contributed by atoms with Gasteiger partial charge in [-0.05, 0) is 53.3 Å². The lowest BCUT2D eigenvalue weighted by molar-refractivity contribution is 0.165. The molecule has 0 amide bonds.